The van der Waals surface area contributed by atoms with Crippen molar-refractivity contribution in [1.29, 1.82) is 0 Å². The number of hydrazine groups is 1. The number of hydrogen-bond acceptors (Lipinski definition) is 9. The van der Waals surface area contributed by atoms with Crippen LogP contribution in [0.4, 0.5) is 14.6 Å². The fourth-order valence-electron chi connectivity index (χ4n) is 9.51. The molecule has 5 fully saturated rings. The van der Waals surface area contributed by atoms with E-state index in [2.05, 4.69) is 20.7 Å². The third-order valence-electron chi connectivity index (χ3n) is 11.7. The lowest BCUT2D eigenvalue weighted by Crippen LogP contribution is -2.45. The Labute approximate surface area is 269 Å². The Hall–Kier alpha value is -1.92. The number of pyridine rings is 1. The number of ether oxygens (including phenoxy) is 2. The van der Waals surface area contributed by atoms with Crippen molar-refractivity contribution in [3.63, 3.8) is 0 Å². The van der Waals surface area contributed by atoms with Crippen LogP contribution in [0.5, 0.6) is 6.01 Å². The van der Waals surface area contributed by atoms with Crippen LogP contribution in [0.1, 0.15) is 75.8 Å². The van der Waals surface area contributed by atoms with E-state index >= 15 is 4.39 Å². The highest BCUT2D eigenvalue weighted by atomic mass is 35.5. The molecule has 1 aliphatic carbocycles. The van der Waals surface area contributed by atoms with E-state index in [1.165, 1.54) is 0 Å². The molecule has 246 valence electrons. The second-order valence-corrected chi connectivity index (χ2v) is 15.1. The number of nitrogens with zero attached hydrogens (tertiary/aromatic N) is 5. The van der Waals surface area contributed by atoms with Crippen LogP contribution in [-0.4, -0.2) is 95.5 Å². The summed E-state index contributed by atoms with van der Waals surface area (Å²) in [4.78, 5) is 19.1. The van der Waals surface area contributed by atoms with Gasteiger partial charge in [0.1, 0.15) is 24.1 Å². The van der Waals surface area contributed by atoms with Gasteiger partial charge in [0.15, 0.2) is 5.82 Å². The summed E-state index contributed by atoms with van der Waals surface area (Å²) in [7, 11) is 0. The van der Waals surface area contributed by atoms with Crippen molar-refractivity contribution < 1.29 is 18.3 Å². The van der Waals surface area contributed by atoms with Crippen molar-refractivity contribution in [2.24, 2.45) is 17.8 Å². The van der Waals surface area contributed by atoms with Gasteiger partial charge < -0.3 is 14.4 Å². The van der Waals surface area contributed by atoms with E-state index in [0.29, 0.717) is 49.0 Å². The minimum Gasteiger partial charge on any atom is -0.461 e. The average molecular weight is 646 g/mol. The Morgan fingerprint density at radius 1 is 1.09 bits per heavy atom. The van der Waals surface area contributed by atoms with Crippen molar-refractivity contribution in [3.05, 3.63) is 17.7 Å². The highest BCUT2D eigenvalue weighted by Crippen LogP contribution is 2.48. The number of halogens is 3. The average Bonchev–Trinajstić information content (AvgIpc) is 3.67. The summed E-state index contributed by atoms with van der Waals surface area (Å²) < 4.78 is 44.3. The number of fused-ring (bicyclic) bond motifs is 8. The topological polar surface area (TPSA) is 87.7 Å². The summed E-state index contributed by atoms with van der Waals surface area (Å²) in [5.74, 6) is 0.745. The Kier molecular flexibility index (Phi) is 8.51. The molecule has 2 aromatic rings. The molecule has 6 aliphatic heterocycles. The van der Waals surface area contributed by atoms with Gasteiger partial charge in [0.2, 0.25) is 0 Å². The predicted octanol–water partition coefficient (Wildman–Crippen LogP) is 4.73. The number of anilines is 1. The monoisotopic (exact) mass is 645 g/mol. The van der Waals surface area contributed by atoms with Gasteiger partial charge in [-0.2, -0.15) is 9.97 Å². The smallest absolute Gasteiger partial charge is 0.319 e. The molecule has 6 unspecified atom stereocenters. The van der Waals surface area contributed by atoms with Gasteiger partial charge in [-0.3, -0.25) is 20.7 Å². The Balaban J connectivity index is 1.23. The molecule has 2 aromatic heterocycles. The van der Waals surface area contributed by atoms with Gasteiger partial charge in [0, 0.05) is 62.7 Å². The normalized spacial score (nSPS) is 37.5. The van der Waals surface area contributed by atoms with Crippen molar-refractivity contribution in [1.82, 2.24) is 30.7 Å². The molecule has 9 rings (SSSR count). The molecule has 6 bridgehead atoms. The molecule has 0 aromatic carbocycles. The Bertz CT molecular complexity index is 1390. The van der Waals surface area contributed by atoms with Crippen LogP contribution < -0.4 is 20.5 Å². The first-order valence-electron chi connectivity index (χ1n) is 17.3. The fraction of sp³-hybridized carbons (Fsp3) is 0.788. The van der Waals surface area contributed by atoms with E-state index in [4.69, 9.17) is 36.0 Å². The molecule has 0 spiro atoms. The van der Waals surface area contributed by atoms with Gasteiger partial charge in [-0.05, 0) is 69.2 Å². The van der Waals surface area contributed by atoms with Crippen molar-refractivity contribution >= 4 is 28.3 Å². The number of hydrogen-bond donors (Lipinski definition) is 2. The standard InChI is InChI=1S/C33H46ClF2N7O2/c34-25-12-26-23(15-38-41-26)27-22(25)7-2-4-11-44-18-20-6-1-3-9-42(16-20)31-24-14-37-30(27)28(36)29(24)39-32(40-31)45-19-33-8-5-10-43(33)17-21(35)13-33/h14,20-23,25-27,38,41H,1-13,15-19H2/t20?,21-,22?,23?,25?,26?,27?,33+/m1/s1. The lowest BCUT2D eigenvalue weighted by atomic mass is 9.66. The van der Waals surface area contributed by atoms with Crippen LogP contribution in [0.3, 0.4) is 0 Å². The van der Waals surface area contributed by atoms with E-state index in [0.717, 1.165) is 90.6 Å². The lowest BCUT2D eigenvalue weighted by Gasteiger charge is -2.42. The number of aromatic nitrogens is 3. The van der Waals surface area contributed by atoms with Gasteiger partial charge in [-0.25, -0.2) is 8.78 Å². The molecule has 0 amide bonds. The molecule has 45 heavy (non-hydrogen) atoms. The van der Waals surface area contributed by atoms with Crippen LogP contribution in [-0.2, 0) is 4.74 Å². The summed E-state index contributed by atoms with van der Waals surface area (Å²) in [6, 6.07) is 0.320. The van der Waals surface area contributed by atoms with Crippen LogP contribution >= 0.6 is 11.6 Å². The Morgan fingerprint density at radius 2 is 2.00 bits per heavy atom. The van der Waals surface area contributed by atoms with E-state index in [-0.39, 0.29) is 52.1 Å². The zero-order valence-corrected chi connectivity index (χ0v) is 26.8. The zero-order valence-electron chi connectivity index (χ0n) is 26.0. The van der Waals surface area contributed by atoms with E-state index in [9.17, 15) is 4.39 Å². The van der Waals surface area contributed by atoms with E-state index < -0.39 is 6.17 Å². The lowest BCUT2D eigenvalue weighted by molar-refractivity contribution is 0.0934. The summed E-state index contributed by atoms with van der Waals surface area (Å²) in [5, 5.41) is 0.519. The summed E-state index contributed by atoms with van der Waals surface area (Å²) in [6.07, 6.45) is 10.2. The molecule has 4 saturated heterocycles. The van der Waals surface area contributed by atoms with Crippen molar-refractivity contribution in [2.75, 3.05) is 57.4 Å². The molecule has 12 heteroatoms. The summed E-state index contributed by atoms with van der Waals surface area (Å²) >= 11 is 7.09. The first-order chi connectivity index (χ1) is 22.0. The molecule has 8 heterocycles. The first-order valence-corrected chi connectivity index (χ1v) is 17.8. The van der Waals surface area contributed by atoms with Gasteiger partial charge >= 0.3 is 6.01 Å². The third-order valence-corrected chi connectivity index (χ3v) is 12.2. The molecule has 7 aliphatic rings. The minimum atomic E-state index is -0.853. The van der Waals surface area contributed by atoms with Crippen LogP contribution in [0.15, 0.2) is 6.20 Å². The maximum atomic E-state index is 17.1. The second-order valence-electron chi connectivity index (χ2n) is 14.5. The zero-order chi connectivity index (χ0) is 30.5. The molecular weight excluding hydrogens is 600 g/mol. The van der Waals surface area contributed by atoms with Gasteiger partial charge in [0.05, 0.1) is 23.2 Å². The van der Waals surface area contributed by atoms with Gasteiger partial charge in [-0.15, -0.1) is 11.6 Å². The fourth-order valence-corrected chi connectivity index (χ4v) is 9.98. The molecular formula is C33H46ClF2N7O2. The maximum Gasteiger partial charge on any atom is 0.319 e. The molecule has 2 N–H and O–H groups in total. The predicted molar refractivity (Wildman–Crippen MR) is 169 cm³/mol. The van der Waals surface area contributed by atoms with Crippen LogP contribution in [0, 0.1) is 23.6 Å². The third kappa shape index (κ3) is 5.68. The maximum absolute atomic E-state index is 17.1. The van der Waals surface area contributed by atoms with E-state index in [1.54, 1.807) is 6.20 Å². The number of alkyl halides is 2. The first kappa shape index (κ1) is 30.4. The van der Waals surface area contributed by atoms with Gasteiger partial charge in [0.25, 0.3) is 0 Å². The quantitative estimate of drug-likeness (QED) is 0.460. The highest BCUT2D eigenvalue weighted by molar-refractivity contribution is 6.21. The van der Waals surface area contributed by atoms with E-state index in [1.807, 2.05) is 0 Å². The molecule has 1 saturated carbocycles. The number of rotatable bonds is 3. The number of nitrogens with one attached hydrogen (secondary N) is 2. The second kappa shape index (κ2) is 12.6. The van der Waals surface area contributed by atoms with Gasteiger partial charge in [-0.1, -0.05) is 12.8 Å². The largest absolute Gasteiger partial charge is 0.461 e. The molecule has 9 nitrogen and oxygen atoms in total. The van der Waals surface area contributed by atoms with Crippen LogP contribution in [0.2, 0.25) is 0 Å². The van der Waals surface area contributed by atoms with Crippen LogP contribution in [0.25, 0.3) is 10.9 Å². The SMILES string of the molecule is Fc1c2ncc3c(nc(OC[C@@]45CCCN4C[C@H](F)C5)nc13)N1CCCCC(COCCCCC3C(Cl)CC4NNCC4C23)C1. The summed E-state index contributed by atoms with van der Waals surface area (Å²) in [6.45, 7) is 5.38. The molecule has 8 atom stereocenters. The highest BCUT2D eigenvalue weighted by Gasteiger charge is 2.50. The summed E-state index contributed by atoms with van der Waals surface area (Å²) in [5.41, 5.74) is 7.06. The van der Waals surface area contributed by atoms with Crippen molar-refractivity contribution in [2.45, 2.75) is 93.3 Å². The Morgan fingerprint density at radius 3 is 2.93 bits per heavy atom. The minimum absolute atomic E-state index is 0.0893. The molecule has 0 radical (unpaired) electrons. The van der Waals surface area contributed by atoms with Crippen molar-refractivity contribution in [3.8, 4) is 6.01 Å².